The van der Waals surface area contributed by atoms with E-state index in [1.165, 1.54) is 25.7 Å². The molecular formula is C21H19N7O5S. The van der Waals surface area contributed by atoms with Crippen molar-refractivity contribution in [3.05, 3.63) is 70.0 Å². The highest BCUT2D eigenvalue weighted by molar-refractivity contribution is 7.99. The van der Waals surface area contributed by atoms with Crippen LogP contribution in [0.2, 0.25) is 0 Å². The molecule has 3 amide bonds. The number of ether oxygens (including phenoxy) is 1. The molecule has 13 heteroatoms. The number of carbonyl (C=O) groups excluding carboxylic acids is 2. The summed E-state index contributed by atoms with van der Waals surface area (Å²) < 4.78 is 6.77. The second-order valence-electron chi connectivity index (χ2n) is 7.46. The molecule has 1 saturated heterocycles. The predicted molar refractivity (Wildman–Crippen MR) is 122 cm³/mol. The van der Waals surface area contributed by atoms with Crippen LogP contribution in [0.4, 0.5) is 10.5 Å². The van der Waals surface area contributed by atoms with Gasteiger partial charge in [0.15, 0.2) is 5.16 Å². The van der Waals surface area contributed by atoms with Crippen LogP contribution in [0.25, 0.3) is 0 Å². The summed E-state index contributed by atoms with van der Waals surface area (Å²) in [4.78, 5) is 37.0. The highest BCUT2D eigenvalue weighted by atomic mass is 32.2. The van der Waals surface area contributed by atoms with Gasteiger partial charge >= 0.3 is 6.03 Å². The second-order valence-corrected chi connectivity index (χ2v) is 8.47. The maximum Gasteiger partial charge on any atom is 0.346 e. The van der Waals surface area contributed by atoms with E-state index in [1.54, 1.807) is 54.9 Å². The molecular weight excluding hydrogens is 462 g/mol. The van der Waals surface area contributed by atoms with Gasteiger partial charge in [0, 0.05) is 18.7 Å². The Morgan fingerprint density at radius 2 is 1.97 bits per heavy atom. The fourth-order valence-corrected chi connectivity index (χ4v) is 4.13. The molecule has 1 fully saturated rings. The van der Waals surface area contributed by atoms with E-state index in [4.69, 9.17) is 4.74 Å². The monoisotopic (exact) mass is 481 g/mol. The molecule has 1 aliphatic rings. The Labute approximate surface area is 197 Å². The van der Waals surface area contributed by atoms with Crippen molar-refractivity contribution in [3.63, 3.8) is 0 Å². The molecule has 4 rings (SSSR count). The zero-order valence-electron chi connectivity index (χ0n) is 18.3. The number of methoxy groups -OCH3 is 1. The van der Waals surface area contributed by atoms with E-state index in [-0.39, 0.29) is 5.69 Å². The zero-order chi connectivity index (χ0) is 24.5. The molecule has 34 heavy (non-hydrogen) atoms. The van der Waals surface area contributed by atoms with Crippen LogP contribution in [0.1, 0.15) is 18.1 Å². The predicted octanol–water partition coefficient (Wildman–Crippen LogP) is 2.68. The average molecular weight is 481 g/mol. The smallest absolute Gasteiger partial charge is 0.346 e. The van der Waals surface area contributed by atoms with Gasteiger partial charge in [-0.1, -0.05) is 18.2 Å². The Morgan fingerprint density at radius 1 is 1.24 bits per heavy atom. The van der Waals surface area contributed by atoms with Gasteiger partial charge in [0.2, 0.25) is 0 Å². The third-order valence-electron chi connectivity index (χ3n) is 5.21. The first-order chi connectivity index (χ1) is 16.2. The van der Waals surface area contributed by atoms with Crippen molar-refractivity contribution in [3.8, 4) is 5.75 Å². The van der Waals surface area contributed by atoms with Crippen LogP contribution in [-0.2, 0) is 17.4 Å². The summed E-state index contributed by atoms with van der Waals surface area (Å²) in [5.41, 5.74) is -0.585. The third-order valence-corrected chi connectivity index (χ3v) is 6.33. The number of carbonyl (C=O) groups is 2. The fourth-order valence-electron chi connectivity index (χ4n) is 3.28. The maximum atomic E-state index is 13.0. The topological polar surface area (TPSA) is 145 Å². The number of benzene rings is 2. The number of nitro groups is 1. The summed E-state index contributed by atoms with van der Waals surface area (Å²) in [5.74, 6) is 0.0317. The van der Waals surface area contributed by atoms with E-state index in [0.29, 0.717) is 31.9 Å². The second kappa shape index (κ2) is 8.94. The number of nitro benzene ring substituents is 1. The lowest BCUT2D eigenvalue weighted by molar-refractivity contribution is -0.387. The van der Waals surface area contributed by atoms with E-state index < -0.39 is 22.4 Å². The number of imide groups is 1. The summed E-state index contributed by atoms with van der Waals surface area (Å²) >= 11 is 1.09. The normalized spacial score (nSPS) is 17.9. The number of aryl methyl sites for hydroxylation is 1. The van der Waals surface area contributed by atoms with Gasteiger partial charge < -0.3 is 14.6 Å². The first kappa shape index (κ1) is 22.9. The molecule has 1 N–H and O–H groups in total. The molecule has 0 bridgehead atoms. The number of amides is 3. The van der Waals surface area contributed by atoms with Crippen LogP contribution in [0, 0.1) is 10.1 Å². The Morgan fingerprint density at radius 3 is 2.59 bits per heavy atom. The van der Waals surface area contributed by atoms with E-state index in [9.17, 15) is 19.7 Å². The molecule has 12 nitrogen and oxygen atoms in total. The first-order valence-corrected chi connectivity index (χ1v) is 10.7. The molecule has 0 aliphatic carbocycles. The third kappa shape index (κ3) is 4.20. The zero-order valence-corrected chi connectivity index (χ0v) is 19.1. The van der Waals surface area contributed by atoms with Crippen LogP contribution < -0.4 is 10.1 Å². The number of hydrazone groups is 1. The average Bonchev–Trinajstić information content (AvgIpc) is 3.32. The minimum Gasteiger partial charge on any atom is -0.497 e. The molecule has 1 aliphatic heterocycles. The van der Waals surface area contributed by atoms with E-state index in [0.717, 1.165) is 11.8 Å². The minimum absolute atomic E-state index is 0.169. The van der Waals surface area contributed by atoms with Crippen LogP contribution >= 0.6 is 11.8 Å². The summed E-state index contributed by atoms with van der Waals surface area (Å²) in [6, 6.07) is 10.5. The van der Waals surface area contributed by atoms with E-state index in [2.05, 4.69) is 20.6 Å². The van der Waals surface area contributed by atoms with Gasteiger partial charge in [0.25, 0.3) is 11.6 Å². The molecule has 0 saturated carbocycles. The number of nitrogens with zero attached hydrogens (tertiary/aromatic N) is 6. The van der Waals surface area contributed by atoms with Crippen molar-refractivity contribution in [2.45, 2.75) is 22.5 Å². The number of rotatable bonds is 7. The van der Waals surface area contributed by atoms with Gasteiger partial charge in [-0.2, -0.15) is 5.10 Å². The molecule has 0 radical (unpaired) electrons. The Bertz CT molecular complexity index is 1310. The van der Waals surface area contributed by atoms with Gasteiger partial charge in [0.05, 0.1) is 23.1 Å². The number of aromatic nitrogens is 3. The quantitative estimate of drug-likeness (QED) is 0.235. The highest BCUT2D eigenvalue weighted by Gasteiger charge is 2.49. The van der Waals surface area contributed by atoms with Crippen molar-refractivity contribution in [2.75, 3.05) is 7.11 Å². The summed E-state index contributed by atoms with van der Waals surface area (Å²) in [5, 5.41) is 27.1. The van der Waals surface area contributed by atoms with Crippen molar-refractivity contribution < 1.29 is 19.2 Å². The largest absolute Gasteiger partial charge is 0.497 e. The van der Waals surface area contributed by atoms with E-state index >= 15 is 0 Å². The van der Waals surface area contributed by atoms with Gasteiger partial charge in [-0.05, 0) is 42.4 Å². The van der Waals surface area contributed by atoms with Crippen molar-refractivity contribution >= 4 is 35.6 Å². The van der Waals surface area contributed by atoms with Crippen LogP contribution in [-0.4, -0.2) is 50.0 Å². The lowest BCUT2D eigenvalue weighted by Crippen LogP contribution is -2.40. The van der Waals surface area contributed by atoms with Crippen LogP contribution in [0.15, 0.2) is 63.9 Å². The van der Waals surface area contributed by atoms with Crippen molar-refractivity contribution in [2.24, 2.45) is 12.1 Å². The first-order valence-electron chi connectivity index (χ1n) is 9.88. The number of hydrogen-bond acceptors (Lipinski definition) is 9. The standard InChI is InChI=1S/C21H19N7O5S/c1-21(14-5-7-15(33-3)8-6-14)18(29)27(19(30)24-21)23-11-13-4-9-17(16(10-13)28(31)32)34-20-25-22-12-26(20)2/h4-12H,1-3H3,(H,24,30)/t21-/m1/s1. The molecule has 2 heterocycles. The lowest BCUT2D eigenvalue weighted by Gasteiger charge is -2.21. The maximum absolute atomic E-state index is 13.0. The molecule has 1 aromatic heterocycles. The van der Waals surface area contributed by atoms with Crippen molar-refractivity contribution in [1.29, 1.82) is 0 Å². The van der Waals surface area contributed by atoms with Gasteiger partial charge in [0.1, 0.15) is 17.6 Å². The minimum atomic E-state index is -1.32. The number of nitrogens with one attached hydrogen (secondary N) is 1. The molecule has 1 atom stereocenters. The lowest BCUT2D eigenvalue weighted by atomic mass is 9.92. The van der Waals surface area contributed by atoms with Gasteiger partial charge in [-0.15, -0.1) is 15.2 Å². The SMILES string of the molecule is COc1ccc([C@@]2(C)NC(=O)N(N=Cc3ccc(Sc4nncn4C)c([N+](=O)[O-])c3)C2=O)cc1. The molecule has 0 unspecified atom stereocenters. The van der Waals surface area contributed by atoms with Crippen LogP contribution in [0.3, 0.4) is 0 Å². The summed E-state index contributed by atoms with van der Waals surface area (Å²) in [6.07, 6.45) is 2.72. The molecule has 0 spiro atoms. The van der Waals surface area contributed by atoms with E-state index in [1.807, 2.05) is 0 Å². The molecule has 174 valence electrons. The molecule has 3 aromatic rings. The Kier molecular flexibility index (Phi) is 6.03. The summed E-state index contributed by atoms with van der Waals surface area (Å²) in [6.45, 7) is 1.58. The Hall–Kier alpha value is -4.26. The van der Waals surface area contributed by atoms with Crippen molar-refractivity contribution in [1.82, 2.24) is 25.1 Å². The van der Waals surface area contributed by atoms with Crippen LogP contribution in [0.5, 0.6) is 5.75 Å². The highest BCUT2D eigenvalue weighted by Crippen LogP contribution is 2.34. The number of hydrogen-bond donors (Lipinski definition) is 1. The Balaban J connectivity index is 1.57. The van der Waals surface area contributed by atoms with Gasteiger partial charge in [-0.3, -0.25) is 14.9 Å². The fraction of sp³-hybridized carbons (Fsp3) is 0.190. The molecule has 2 aromatic carbocycles. The summed E-state index contributed by atoms with van der Waals surface area (Å²) in [7, 11) is 3.26. The number of urea groups is 1. The van der Waals surface area contributed by atoms with Gasteiger partial charge in [-0.25, -0.2) is 4.79 Å².